The third-order valence-electron chi connectivity index (χ3n) is 7.16. The van der Waals surface area contributed by atoms with E-state index in [1.54, 1.807) is 11.8 Å². The molecule has 6 rings (SSSR count). The molecule has 1 aromatic carbocycles. The largest absolute Gasteiger partial charge is 0.369 e. The Morgan fingerprint density at radius 3 is 2.50 bits per heavy atom. The van der Waals surface area contributed by atoms with Crippen molar-refractivity contribution in [1.82, 2.24) is 19.9 Å². The Bertz CT molecular complexity index is 1450. The van der Waals surface area contributed by atoms with E-state index in [2.05, 4.69) is 46.0 Å². The lowest BCUT2D eigenvalue weighted by molar-refractivity contribution is 0.751. The number of aromatic amines is 1. The van der Waals surface area contributed by atoms with Crippen molar-refractivity contribution in [2.45, 2.75) is 55.2 Å². The van der Waals surface area contributed by atoms with Gasteiger partial charge in [-0.15, -0.1) is 0 Å². The van der Waals surface area contributed by atoms with E-state index in [0.717, 1.165) is 89.5 Å². The fourth-order valence-corrected chi connectivity index (χ4v) is 6.46. The number of nitrogens with one attached hydrogen (secondary N) is 1. The molecule has 0 spiro atoms. The lowest BCUT2D eigenvalue weighted by Gasteiger charge is -2.21. The van der Waals surface area contributed by atoms with Crippen LogP contribution in [0.25, 0.3) is 21.9 Å². The molecule has 5 heterocycles. The first-order valence-corrected chi connectivity index (χ1v) is 13.8. The van der Waals surface area contributed by atoms with E-state index in [-0.39, 0.29) is 12.1 Å². The molecule has 0 bridgehead atoms. The van der Waals surface area contributed by atoms with Gasteiger partial charge in [-0.3, -0.25) is 4.98 Å². The second kappa shape index (κ2) is 9.37. The second-order valence-corrected chi connectivity index (χ2v) is 11.3. The molecule has 2 aliphatic heterocycles. The number of hydrogen-bond acceptors (Lipinski definition) is 8. The van der Waals surface area contributed by atoms with E-state index in [0.29, 0.717) is 10.2 Å². The molecule has 2 atom stereocenters. The first kappa shape index (κ1) is 23.8. The quantitative estimate of drug-likeness (QED) is 0.333. The molecule has 4 aromatic rings. The van der Waals surface area contributed by atoms with Gasteiger partial charge in [0.25, 0.3) is 0 Å². The lowest BCUT2D eigenvalue weighted by atomic mass is 10.1. The molecule has 0 amide bonds. The van der Waals surface area contributed by atoms with Gasteiger partial charge in [-0.25, -0.2) is 9.97 Å². The number of fused-ring (bicyclic) bond motifs is 2. The van der Waals surface area contributed by atoms with E-state index >= 15 is 0 Å². The average molecular weight is 523 g/mol. The number of hydrogen-bond donors (Lipinski definition) is 3. The van der Waals surface area contributed by atoms with Crippen molar-refractivity contribution in [3.8, 4) is 0 Å². The highest BCUT2D eigenvalue weighted by Gasteiger charge is 2.26. The minimum absolute atomic E-state index is 0.142. The predicted octanol–water partition coefficient (Wildman–Crippen LogP) is 4.26. The van der Waals surface area contributed by atoms with Gasteiger partial charge in [0.2, 0.25) is 0 Å². The van der Waals surface area contributed by atoms with Gasteiger partial charge in [0, 0.05) is 65.6 Å². The number of pyridine rings is 1. The van der Waals surface area contributed by atoms with E-state index in [1.165, 1.54) is 5.69 Å². The van der Waals surface area contributed by atoms with Crippen LogP contribution in [0, 0.1) is 6.92 Å². The molecule has 3 aromatic heterocycles. The standard InChI is InChI=1S/C26H31ClN8S/c1-3-19-23(27)22-24(31-19)32-26(33-25(22)35-9-7-16(29)13-35)36-17-4-5-18-20(11-17)30-14(2)10-21(18)34-8-6-15(28)12-34/h4-5,10-11,15-16H,3,6-9,12-13,28-29H2,1-2H3,(H,31,32,33)/t15-,16-/m1/s1. The molecular formula is C26H31ClN8S. The second-order valence-electron chi connectivity index (χ2n) is 9.88. The zero-order valence-electron chi connectivity index (χ0n) is 20.6. The summed E-state index contributed by atoms with van der Waals surface area (Å²) in [5.41, 5.74) is 17.3. The molecule has 5 N–H and O–H groups in total. The van der Waals surface area contributed by atoms with Gasteiger partial charge < -0.3 is 26.3 Å². The summed E-state index contributed by atoms with van der Waals surface area (Å²) >= 11 is 8.29. The number of nitrogens with zero attached hydrogens (tertiary/aromatic N) is 5. The molecule has 2 fully saturated rings. The van der Waals surface area contributed by atoms with Crippen LogP contribution < -0.4 is 21.3 Å². The fourth-order valence-electron chi connectivity index (χ4n) is 5.32. The summed E-state index contributed by atoms with van der Waals surface area (Å²) in [6.07, 6.45) is 2.76. The van der Waals surface area contributed by atoms with Crippen LogP contribution >= 0.6 is 23.4 Å². The molecule has 0 unspecified atom stereocenters. The summed E-state index contributed by atoms with van der Waals surface area (Å²) in [4.78, 5) is 23.7. The Balaban J connectivity index is 1.39. The zero-order chi connectivity index (χ0) is 25.0. The fraction of sp³-hybridized carbons (Fsp3) is 0.423. The highest BCUT2D eigenvalue weighted by Crippen LogP contribution is 2.38. The normalized spacial score (nSPS) is 20.4. The molecule has 8 nitrogen and oxygen atoms in total. The van der Waals surface area contributed by atoms with Crippen LogP contribution in [0.4, 0.5) is 11.5 Å². The molecule has 2 saturated heterocycles. The monoisotopic (exact) mass is 522 g/mol. The van der Waals surface area contributed by atoms with Crippen LogP contribution in [0.1, 0.15) is 31.2 Å². The Labute approximate surface area is 219 Å². The number of aromatic nitrogens is 4. The number of H-pyrrole nitrogens is 1. The van der Waals surface area contributed by atoms with Gasteiger partial charge in [-0.1, -0.05) is 18.5 Å². The Hall–Kier alpha value is -2.59. The number of benzene rings is 1. The topological polar surface area (TPSA) is 113 Å². The number of nitrogens with two attached hydrogens (primary N) is 2. The molecule has 0 radical (unpaired) electrons. The number of rotatable bonds is 5. The minimum Gasteiger partial charge on any atom is -0.369 e. The van der Waals surface area contributed by atoms with Gasteiger partial charge in [-0.2, -0.15) is 0 Å². The summed E-state index contributed by atoms with van der Waals surface area (Å²) in [5, 5.41) is 3.41. The van der Waals surface area contributed by atoms with Gasteiger partial charge in [0.05, 0.1) is 15.9 Å². The highest BCUT2D eigenvalue weighted by atomic mass is 35.5. The van der Waals surface area contributed by atoms with Gasteiger partial charge in [0.15, 0.2) is 5.16 Å². The maximum Gasteiger partial charge on any atom is 0.196 e. The average Bonchev–Trinajstić information content (AvgIpc) is 3.56. The summed E-state index contributed by atoms with van der Waals surface area (Å²) in [6.45, 7) is 7.61. The van der Waals surface area contributed by atoms with Crippen LogP contribution in [0.2, 0.25) is 5.02 Å². The van der Waals surface area contributed by atoms with Crippen LogP contribution in [0.3, 0.4) is 0 Å². The van der Waals surface area contributed by atoms with E-state index in [1.807, 2.05) is 6.92 Å². The number of anilines is 2. The van der Waals surface area contributed by atoms with Crippen molar-refractivity contribution in [3.63, 3.8) is 0 Å². The van der Waals surface area contributed by atoms with Crippen LogP contribution in [0.5, 0.6) is 0 Å². The predicted molar refractivity (Wildman–Crippen MR) is 148 cm³/mol. The molecule has 0 saturated carbocycles. The Morgan fingerprint density at radius 1 is 1.06 bits per heavy atom. The van der Waals surface area contributed by atoms with E-state index < -0.39 is 0 Å². The molecule has 188 valence electrons. The maximum atomic E-state index is 6.75. The molecular weight excluding hydrogens is 492 g/mol. The van der Waals surface area contributed by atoms with Crippen molar-refractivity contribution >= 4 is 56.8 Å². The van der Waals surface area contributed by atoms with Crippen molar-refractivity contribution in [2.75, 3.05) is 36.0 Å². The summed E-state index contributed by atoms with van der Waals surface area (Å²) in [7, 11) is 0. The first-order chi connectivity index (χ1) is 17.4. The van der Waals surface area contributed by atoms with Crippen LogP contribution in [-0.2, 0) is 6.42 Å². The summed E-state index contributed by atoms with van der Waals surface area (Å²) in [5.74, 6) is 0.860. The van der Waals surface area contributed by atoms with Crippen molar-refractivity contribution in [1.29, 1.82) is 0 Å². The SMILES string of the molecule is CCc1[nH]c2nc(Sc3ccc4c(N5CC[C@@H](N)C5)cc(C)nc4c3)nc(N3CC[C@@H](N)C3)c2c1Cl. The van der Waals surface area contributed by atoms with Crippen molar-refractivity contribution < 1.29 is 0 Å². The van der Waals surface area contributed by atoms with Crippen LogP contribution in [-0.4, -0.2) is 58.2 Å². The van der Waals surface area contributed by atoms with Crippen molar-refractivity contribution in [2.24, 2.45) is 11.5 Å². The molecule has 2 aliphatic rings. The van der Waals surface area contributed by atoms with Gasteiger partial charge in [-0.05, 0) is 62.2 Å². The zero-order valence-corrected chi connectivity index (χ0v) is 22.2. The molecule has 10 heteroatoms. The third-order valence-corrected chi connectivity index (χ3v) is 8.43. The smallest absolute Gasteiger partial charge is 0.196 e. The number of aryl methyl sites for hydroxylation is 2. The molecule has 36 heavy (non-hydrogen) atoms. The Kier molecular flexibility index (Phi) is 6.19. The molecule has 0 aliphatic carbocycles. The lowest BCUT2D eigenvalue weighted by Crippen LogP contribution is -2.27. The van der Waals surface area contributed by atoms with E-state index in [4.69, 9.17) is 38.0 Å². The Morgan fingerprint density at radius 2 is 1.81 bits per heavy atom. The summed E-state index contributed by atoms with van der Waals surface area (Å²) in [6, 6.07) is 8.94. The maximum absolute atomic E-state index is 6.75. The minimum atomic E-state index is 0.142. The highest BCUT2D eigenvalue weighted by molar-refractivity contribution is 7.99. The van der Waals surface area contributed by atoms with Gasteiger partial charge >= 0.3 is 0 Å². The van der Waals surface area contributed by atoms with Crippen molar-refractivity contribution in [3.05, 3.63) is 40.7 Å². The van der Waals surface area contributed by atoms with Gasteiger partial charge in [0.1, 0.15) is 11.5 Å². The first-order valence-electron chi connectivity index (χ1n) is 12.6. The van der Waals surface area contributed by atoms with Crippen LogP contribution in [0.15, 0.2) is 34.3 Å². The number of halogens is 1. The third kappa shape index (κ3) is 4.28. The summed E-state index contributed by atoms with van der Waals surface area (Å²) < 4.78 is 0. The van der Waals surface area contributed by atoms with E-state index in [9.17, 15) is 0 Å².